The number of nitrogens with zero attached hydrogens (tertiary/aromatic N) is 2. The summed E-state index contributed by atoms with van der Waals surface area (Å²) in [7, 11) is 4.36. The van der Waals surface area contributed by atoms with E-state index in [1.165, 1.54) is 18.5 Å². The molecule has 0 amide bonds. The number of nitrogen functional groups attached to an aromatic ring is 1. The molecular weight excluding hydrogens is 210 g/mol. The van der Waals surface area contributed by atoms with Gasteiger partial charge < -0.3 is 15.5 Å². The number of piperidine rings is 1. The molecule has 0 unspecified atom stereocenters. The number of nitrogens with two attached hydrogens (primary N) is 1. The van der Waals surface area contributed by atoms with Crippen LogP contribution >= 0.6 is 0 Å². The molecule has 1 aromatic rings. The number of hydrogen-bond acceptors (Lipinski definition) is 3. The van der Waals surface area contributed by atoms with E-state index >= 15 is 0 Å². The molecule has 2 N–H and O–H groups in total. The van der Waals surface area contributed by atoms with Gasteiger partial charge in [-0.15, -0.1) is 0 Å². The summed E-state index contributed by atoms with van der Waals surface area (Å²) >= 11 is 0. The molecule has 1 fully saturated rings. The van der Waals surface area contributed by atoms with Crippen molar-refractivity contribution in [3.8, 4) is 0 Å². The van der Waals surface area contributed by atoms with Gasteiger partial charge in [0.15, 0.2) is 0 Å². The lowest BCUT2D eigenvalue weighted by atomic mass is 9.88. The fourth-order valence-electron chi connectivity index (χ4n) is 2.38. The zero-order valence-corrected chi connectivity index (χ0v) is 11.1. The standard InChI is InChI=1S/C14H23N3/c1-14(16(2)3)8-10-17(11-9-14)13-6-4-12(15)5-7-13/h4-7H,8-11,15H2,1-3H3. The molecular formula is C14H23N3. The Bertz CT molecular complexity index is 362. The monoisotopic (exact) mass is 233 g/mol. The lowest BCUT2D eigenvalue weighted by Crippen LogP contribution is -2.50. The van der Waals surface area contributed by atoms with Crippen LogP contribution in [0.25, 0.3) is 0 Å². The fraction of sp³-hybridized carbons (Fsp3) is 0.571. The molecule has 1 aromatic carbocycles. The Balaban J connectivity index is 2.02. The Morgan fingerprint density at radius 2 is 1.65 bits per heavy atom. The van der Waals surface area contributed by atoms with Crippen LogP contribution in [0.5, 0.6) is 0 Å². The van der Waals surface area contributed by atoms with Gasteiger partial charge in [-0.05, 0) is 58.1 Å². The molecule has 17 heavy (non-hydrogen) atoms. The van der Waals surface area contributed by atoms with Crippen LogP contribution in [0.15, 0.2) is 24.3 Å². The van der Waals surface area contributed by atoms with E-state index in [1.54, 1.807) is 0 Å². The lowest BCUT2D eigenvalue weighted by Gasteiger charge is -2.44. The van der Waals surface area contributed by atoms with Crippen LogP contribution in [0.3, 0.4) is 0 Å². The normalized spacial score (nSPS) is 19.6. The molecule has 2 rings (SSSR count). The van der Waals surface area contributed by atoms with E-state index in [9.17, 15) is 0 Å². The molecule has 0 aromatic heterocycles. The molecule has 0 aliphatic carbocycles. The van der Waals surface area contributed by atoms with Crippen molar-refractivity contribution in [2.24, 2.45) is 0 Å². The highest BCUT2D eigenvalue weighted by atomic mass is 15.2. The molecule has 1 aliphatic rings. The summed E-state index contributed by atoms with van der Waals surface area (Å²) in [6.07, 6.45) is 2.43. The van der Waals surface area contributed by atoms with Crippen LogP contribution < -0.4 is 10.6 Å². The maximum Gasteiger partial charge on any atom is 0.0367 e. The summed E-state index contributed by atoms with van der Waals surface area (Å²) in [5, 5.41) is 0. The molecule has 0 radical (unpaired) electrons. The Morgan fingerprint density at radius 1 is 1.12 bits per heavy atom. The first-order chi connectivity index (χ1) is 8.01. The summed E-state index contributed by atoms with van der Waals surface area (Å²) in [4.78, 5) is 4.80. The third-order valence-electron chi connectivity index (χ3n) is 4.18. The van der Waals surface area contributed by atoms with Crippen LogP contribution in [0.1, 0.15) is 19.8 Å². The van der Waals surface area contributed by atoms with Gasteiger partial charge in [-0.25, -0.2) is 0 Å². The fourth-order valence-corrected chi connectivity index (χ4v) is 2.38. The highest BCUT2D eigenvalue weighted by Crippen LogP contribution is 2.29. The van der Waals surface area contributed by atoms with Crippen LogP contribution in [0.2, 0.25) is 0 Å². The minimum atomic E-state index is 0.351. The van der Waals surface area contributed by atoms with Crippen molar-refractivity contribution in [2.75, 3.05) is 37.8 Å². The van der Waals surface area contributed by atoms with E-state index in [0.717, 1.165) is 18.8 Å². The summed E-state index contributed by atoms with van der Waals surface area (Å²) in [6.45, 7) is 4.60. The van der Waals surface area contributed by atoms with E-state index < -0.39 is 0 Å². The first kappa shape index (κ1) is 12.2. The largest absolute Gasteiger partial charge is 0.399 e. The summed E-state index contributed by atoms with van der Waals surface area (Å²) in [6, 6.07) is 8.20. The first-order valence-electron chi connectivity index (χ1n) is 6.29. The van der Waals surface area contributed by atoms with Gasteiger partial charge >= 0.3 is 0 Å². The summed E-state index contributed by atoms with van der Waals surface area (Å²) in [5.41, 5.74) is 8.19. The van der Waals surface area contributed by atoms with Crippen LogP contribution in [-0.4, -0.2) is 37.6 Å². The third kappa shape index (κ3) is 2.55. The number of hydrogen-bond donors (Lipinski definition) is 1. The van der Waals surface area contributed by atoms with Gasteiger partial charge in [0.25, 0.3) is 0 Å². The predicted octanol–water partition coefficient (Wildman–Crippen LogP) is 2.19. The van der Waals surface area contributed by atoms with Crippen LogP contribution in [0.4, 0.5) is 11.4 Å². The molecule has 3 nitrogen and oxygen atoms in total. The summed E-state index contributed by atoms with van der Waals surface area (Å²) < 4.78 is 0. The number of anilines is 2. The highest BCUT2D eigenvalue weighted by molar-refractivity contribution is 5.53. The lowest BCUT2D eigenvalue weighted by molar-refractivity contribution is 0.137. The zero-order valence-electron chi connectivity index (χ0n) is 11.1. The van der Waals surface area contributed by atoms with Crippen molar-refractivity contribution >= 4 is 11.4 Å². The van der Waals surface area contributed by atoms with E-state index in [0.29, 0.717) is 5.54 Å². The Morgan fingerprint density at radius 3 is 2.12 bits per heavy atom. The van der Waals surface area contributed by atoms with Gasteiger partial charge in [-0.2, -0.15) is 0 Å². The second-order valence-electron chi connectivity index (χ2n) is 5.47. The van der Waals surface area contributed by atoms with E-state index in [2.05, 4.69) is 43.0 Å². The van der Waals surface area contributed by atoms with E-state index in [-0.39, 0.29) is 0 Å². The minimum absolute atomic E-state index is 0.351. The zero-order chi connectivity index (χ0) is 12.5. The second-order valence-corrected chi connectivity index (χ2v) is 5.47. The molecule has 1 aliphatic heterocycles. The number of benzene rings is 1. The average molecular weight is 233 g/mol. The van der Waals surface area contributed by atoms with E-state index in [1.807, 2.05) is 12.1 Å². The Kier molecular flexibility index (Phi) is 3.29. The molecule has 0 spiro atoms. The van der Waals surface area contributed by atoms with Crippen LogP contribution in [0, 0.1) is 0 Å². The van der Waals surface area contributed by atoms with Gasteiger partial charge in [0.1, 0.15) is 0 Å². The third-order valence-corrected chi connectivity index (χ3v) is 4.18. The van der Waals surface area contributed by atoms with Gasteiger partial charge in [0.05, 0.1) is 0 Å². The van der Waals surface area contributed by atoms with Gasteiger partial charge in [0, 0.05) is 30.0 Å². The Labute approximate surface area is 104 Å². The molecule has 3 heteroatoms. The molecule has 1 saturated heterocycles. The maximum absolute atomic E-state index is 5.71. The van der Waals surface area contributed by atoms with Gasteiger partial charge in [-0.1, -0.05) is 0 Å². The van der Waals surface area contributed by atoms with Gasteiger partial charge in [0.2, 0.25) is 0 Å². The smallest absolute Gasteiger partial charge is 0.0367 e. The maximum atomic E-state index is 5.71. The summed E-state index contributed by atoms with van der Waals surface area (Å²) in [5.74, 6) is 0. The first-order valence-corrected chi connectivity index (χ1v) is 6.29. The molecule has 94 valence electrons. The highest BCUT2D eigenvalue weighted by Gasteiger charge is 2.31. The molecule has 0 atom stereocenters. The van der Waals surface area contributed by atoms with Crippen LogP contribution in [-0.2, 0) is 0 Å². The number of rotatable bonds is 2. The topological polar surface area (TPSA) is 32.5 Å². The molecule has 0 bridgehead atoms. The minimum Gasteiger partial charge on any atom is -0.399 e. The van der Waals surface area contributed by atoms with Crippen molar-refractivity contribution in [2.45, 2.75) is 25.3 Å². The van der Waals surface area contributed by atoms with Crippen molar-refractivity contribution in [1.29, 1.82) is 0 Å². The average Bonchev–Trinajstić information content (AvgIpc) is 2.31. The quantitative estimate of drug-likeness (QED) is 0.795. The van der Waals surface area contributed by atoms with Gasteiger partial charge in [-0.3, -0.25) is 0 Å². The SMILES string of the molecule is CN(C)C1(C)CCN(c2ccc(N)cc2)CC1. The second kappa shape index (κ2) is 4.57. The van der Waals surface area contributed by atoms with E-state index in [4.69, 9.17) is 5.73 Å². The van der Waals surface area contributed by atoms with Crippen molar-refractivity contribution in [1.82, 2.24) is 4.90 Å². The molecule has 0 saturated carbocycles. The molecule has 1 heterocycles. The predicted molar refractivity (Wildman–Crippen MR) is 74.4 cm³/mol. The van der Waals surface area contributed by atoms with Crippen molar-refractivity contribution in [3.63, 3.8) is 0 Å². The van der Waals surface area contributed by atoms with Crippen molar-refractivity contribution < 1.29 is 0 Å². The van der Waals surface area contributed by atoms with Crippen molar-refractivity contribution in [3.05, 3.63) is 24.3 Å². The Hall–Kier alpha value is -1.22.